The summed E-state index contributed by atoms with van der Waals surface area (Å²) in [6.07, 6.45) is 0. The molecule has 1 nitrogen and oxygen atoms in total. The van der Waals surface area contributed by atoms with Gasteiger partial charge in [0.1, 0.15) is 5.82 Å². The molecule has 2 rings (SSSR count). The van der Waals surface area contributed by atoms with E-state index in [1.807, 2.05) is 12.1 Å². The fourth-order valence-corrected chi connectivity index (χ4v) is 2.38. The van der Waals surface area contributed by atoms with Crippen molar-refractivity contribution in [3.63, 3.8) is 0 Å². The molecule has 3 heteroatoms. The molecule has 0 amide bonds. The van der Waals surface area contributed by atoms with E-state index in [-0.39, 0.29) is 5.82 Å². The van der Waals surface area contributed by atoms with Gasteiger partial charge in [0.15, 0.2) is 0 Å². The zero-order valence-electron chi connectivity index (χ0n) is 9.16. The Morgan fingerprint density at radius 1 is 1.12 bits per heavy atom. The first kappa shape index (κ1) is 11.3. The monoisotopic (exact) mass is 235 g/mol. The van der Waals surface area contributed by atoms with Gasteiger partial charge in [-0.1, -0.05) is 12.1 Å². The zero-order valence-corrected chi connectivity index (χ0v) is 9.98. The molecule has 0 aliphatic heterocycles. The van der Waals surface area contributed by atoms with Crippen molar-refractivity contribution in [2.24, 2.45) is 0 Å². The number of benzene rings is 1. The molecule has 0 saturated heterocycles. The van der Waals surface area contributed by atoms with Crippen molar-refractivity contribution in [1.29, 1.82) is 0 Å². The molecule has 0 bridgehead atoms. The van der Waals surface area contributed by atoms with Gasteiger partial charge in [0.2, 0.25) is 0 Å². The molecule has 0 atom stereocenters. The fourth-order valence-electron chi connectivity index (χ4n) is 1.51. The van der Waals surface area contributed by atoms with Crippen LogP contribution in [0.5, 0.6) is 0 Å². The third-order valence-electron chi connectivity index (χ3n) is 2.50. The second-order valence-corrected chi connectivity index (χ2v) is 4.76. The van der Waals surface area contributed by atoms with Gasteiger partial charge in [0.05, 0.1) is 0 Å². The minimum atomic E-state index is -0.183. The van der Waals surface area contributed by atoms with Gasteiger partial charge >= 0.3 is 0 Å². The van der Waals surface area contributed by atoms with E-state index in [0.29, 0.717) is 0 Å². The van der Waals surface area contributed by atoms with E-state index in [1.165, 1.54) is 22.6 Å². The fraction of sp³-hybridized carbons (Fsp3) is 0.231. The van der Waals surface area contributed by atoms with Crippen molar-refractivity contribution in [1.82, 2.24) is 5.32 Å². The molecule has 0 aliphatic rings. The third-order valence-corrected chi connectivity index (χ3v) is 3.52. The Hall–Kier alpha value is -1.19. The Kier molecular flexibility index (Phi) is 3.70. The molecule has 0 unspecified atom stereocenters. The molecule has 1 N–H and O–H groups in total. The molecule has 84 valence electrons. The van der Waals surface area contributed by atoms with Crippen LogP contribution >= 0.6 is 11.3 Å². The summed E-state index contributed by atoms with van der Waals surface area (Å²) in [4.78, 5) is 1.36. The number of rotatable bonds is 4. The number of hydrogen-bond acceptors (Lipinski definition) is 2. The molecule has 0 saturated carbocycles. The lowest BCUT2D eigenvalue weighted by molar-refractivity contribution is 0.625. The van der Waals surface area contributed by atoms with Crippen molar-refractivity contribution in [2.45, 2.75) is 20.0 Å². The van der Waals surface area contributed by atoms with Gasteiger partial charge in [-0.25, -0.2) is 4.39 Å². The molecule has 0 spiro atoms. The van der Waals surface area contributed by atoms with Crippen LogP contribution in [-0.2, 0) is 13.1 Å². The highest BCUT2D eigenvalue weighted by atomic mass is 32.1. The van der Waals surface area contributed by atoms with Gasteiger partial charge in [-0.2, -0.15) is 0 Å². The van der Waals surface area contributed by atoms with E-state index in [9.17, 15) is 4.39 Å². The summed E-state index contributed by atoms with van der Waals surface area (Å²) < 4.78 is 12.7. The van der Waals surface area contributed by atoms with E-state index in [4.69, 9.17) is 0 Å². The topological polar surface area (TPSA) is 12.0 Å². The van der Waals surface area contributed by atoms with E-state index in [1.54, 1.807) is 11.3 Å². The number of nitrogens with one attached hydrogen (secondary N) is 1. The Bertz CT molecular complexity index is 447. The summed E-state index contributed by atoms with van der Waals surface area (Å²) in [6, 6.07) is 8.73. The predicted molar refractivity (Wildman–Crippen MR) is 66.0 cm³/mol. The van der Waals surface area contributed by atoms with Crippen molar-refractivity contribution >= 4 is 11.3 Å². The van der Waals surface area contributed by atoms with E-state index in [0.717, 1.165) is 18.7 Å². The molecular formula is C13H14FNS. The molecule has 2 aromatic rings. The zero-order chi connectivity index (χ0) is 11.4. The Morgan fingerprint density at radius 3 is 2.50 bits per heavy atom. The molecule has 1 aromatic carbocycles. The smallest absolute Gasteiger partial charge is 0.123 e. The highest BCUT2D eigenvalue weighted by Gasteiger charge is 1.99. The molecule has 1 heterocycles. The lowest BCUT2D eigenvalue weighted by Gasteiger charge is -2.04. The van der Waals surface area contributed by atoms with Crippen LogP contribution in [0.25, 0.3) is 0 Å². The van der Waals surface area contributed by atoms with Gasteiger partial charge in [0.25, 0.3) is 0 Å². The van der Waals surface area contributed by atoms with Crippen molar-refractivity contribution in [3.05, 3.63) is 57.5 Å². The van der Waals surface area contributed by atoms with Gasteiger partial charge in [-0.05, 0) is 41.6 Å². The lowest BCUT2D eigenvalue weighted by atomic mass is 10.2. The Morgan fingerprint density at radius 2 is 1.88 bits per heavy atom. The standard InChI is InChI=1S/C13H14FNS/c1-10-6-7-16-13(10)9-15-8-11-2-4-12(14)5-3-11/h2-7,15H,8-9H2,1H3. The van der Waals surface area contributed by atoms with Crippen LogP contribution in [0.2, 0.25) is 0 Å². The first-order valence-electron chi connectivity index (χ1n) is 5.24. The Balaban J connectivity index is 1.84. The van der Waals surface area contributed by atoms with Gasteiger partial charge in [-0.15, -0.1) is 11.3 Å². The second kappa shape index (κ2) is 5.23. The predicted octanol–water partition coefficient (Wildman–Crippen LogP) is 3.49. The third kappa shape index (κ3) is 2.90. The van der Waals surface area contributed by atoms with Crippen LogP contribution in [0.15, 0.2) is 35.7 Å². The molecular weight excluding hydrogens is 221 g/mol. The maximum atomic E-state index is 12.7. The normalized spacial score (nSPS) is 10.6. The summed E-state index contributed by atoms with van der Waals surface area (Å²) >= 11 is 1.76. The first-order chi connectivity index (χ1) is 7.75. The number of aryl methyl sites for hydroxylation is 1. The maximum absolute atomic E-state index is 12.7. The minimum Gasteiger partial charge on any atom is -0.308 e. The van der Waals surface area contributed by atoms with Crippen LogP contribution in [0.3, 0.4) is 0 Å². The molecule has 16 heavy (non-hydrogen) atoms. The van der Waals surface area contributed by atoms with Crippen LogP contribution in [-0.4, -0.2) is 0 Å². The number of thiophene rings is 1. The summed E-state index contributed by atoms with van der Waals surface area (Å²) in [7, 11) is 0. The van der Waals surface area contributed by atoms with Crippen LogP contribution in [0.4, 0.5) is 4.39 Å². The number of halogens is 1. The summed E-state index contributed by atoms with van der Waals surface area (Å²) in [5, 5.41) is 5.45. The van der Waals surface area contributed by atoms with Gasteiger partial charge in [-0.3, -0.25) is 0 Å². The quantitative estimate of drug-likeness (QED) is 0.855. The minimum absolute atomic E-state index is 0.183. The summed E-state index contributed by atoms with van der Waals surface area (Å²) in [6.45, 7) is 3.77. The highest BCUT2D eigenvalue weighted by molar-refractivity contribution is 7.10. The van der Waals surface area contributed by atoms with Crippen LogP contribution in [0.1, 0.15) is 16.0 Å². The molecule has 0 aliphatic carbocycles. The van der Waals surface area contributed by atoms with Crippen molar-refractivity contribution < 1.29 is 4.39 Å². The SMILES string of the molecule is Cc1ccsc1CNCc1ccc(F)cc1. The summed E-state index contributed by atoms with van der Waals surface area (Å²) in [5.41, 5.74) is 2.44. The van der Waals surface area contributed by atoms with E-state index in [2.05, 4.69) is 23.7 Å². The first-order valence-corrected chi connectivity index (χ1v) is 6.12. The lowest BCUT2D eigenvalue weighted by Crippen LogP contribution is -2.12. The molecule has 1 aromatic heterocycles. The van der Waals surface area contributed by atoms with Crippen LogP contribution < -0.4 is 5.32 Å². The molecule has 0 radical (unpaired) electrons. The average Bonchev–Trinajstić information content (AvgIpc) is 2.68. The average molecular weight is 235 g/mol. The van der Waals surface area contributed by atoms with Crippen molar-refractivity contribution in [2.75, 3.05) is 0 Å². The second-order valence-electron chi connectivity index (χ2n) is 3.76. The van der Waals surface area contributed by atoms with E-state index < -0.39 is 0 Å². The Labute approximate surface area is 98.9 Å². The molecule has 0 fully saturated rings. The maximum Gasteiger partial charge on any atom is 0.123 e. The number of hydrogen-bond donors (Lipinski definition) is 1. The highest BCUT2D eigenvalue weighted by Crippen LogP contribution is 2.15. The van der Waals surface area contributed by atoms with Gasteiger partial charge in [0, 0.05) is 18.0 Å². The van der Waals surface area contributed by atoms with E-state index >= 15 is 0 Å². The largest absolute Gasteiger partial charge is 0.308 e. The van der Waals surface area contributed by atoms with Gasteiger partial charge < -0.3 is 5.32 Å². The summed E-state index contributed by atoms with van der Waals surface area (Å²) in [5.74, 6) is -0.183. The van der Waals surface area contributed by atoms with Crippen molar-refractivity contribution in [3.8, 4) is 0 Å². The van der Waals surface area contributed by atoms with Crippen LogP contribution in [0, 0.1) is 12.7 Å².